The van der Waals surface area contributed by atoms with Crippen molar-refractivity contribution in [3.8, 4) is 0 Å². The topological polar surface area (TPSA) is 63.7 Å². The normalized spacial score (nSPS) is 27.5. The molecular formula is C16H20FNO4S. The van der Waals surface area contributed by atoms with E-state index in [-0.39, 0.29) is 23.2 Å². The first-order valence-electron chi connectivity index (χ1n) is 7.79. The zero-order chi connectivity index (χ0) is 16.6. The van der Waals surface area contributed by atoms with Gasteiger partial charge in [-0.15, -0.1) is 0 Å². The van der Waals surface area contributed by atoms with E-state index in [1.54, 1.807) is 17.0 Å². The van der Waals surface area contributed by atoms with Crippen LogP contribution in [0.3, 0.4) is 0 Å². The van der Waals surface area contributed by atoms with Gasteiger partial charge in [0.05, 0.1) is 36.2 Å². The predicted molar refractivity (Wildman–Crippen MR) is 83.3 cm³/mol. The summed E-state index contributed by atoms with van der Waals surface area (Å²) >= 11 is 0. The van der Waals surface area contributed by atoms with E-state index in [9.17, 15) is 17.6 Å². The van der Waals surface area contributed by atoms with Crippen LogP contribution < -0.4 is 0 Å². The molecule has 2 aliphatic heterocycles. The Bertz CT molecular complexity index is 689. The highest BCUT2D eigenvalue weighted by atomic mass is 32.2. The summed E-state index contributed by atoms with van der Waals surface area (Å²) in [6, 6.07) is 5.51. The Balaban J connectivity index is 1.84. The van der Waals surface area contributed by atoms with Crippen LogP contribution in [0.2, 0.25) is 0 Å². The quantitative estimate of drug-likeness (QED) is 0.832. The summed E-state index contributed by atoms with van der Waals surface area (Å²) in [6.45, 7) is 2.64. The average Bonchev–Trinajstić information content (AvgIpc) is 2.83. The lowest BCUT2D eigenvalue weighted by molar-refractivity contribution is -0.144. The predicted octanol–water partition coefficient (Wildman–Crippen LogP) is 1.34. The van der Waals surface area contributed by atoms with Gasteiger partial charge < -0.3 is 9.64 Å². The van der Waals surface area contributed by atoms with Gasteiger partial charge in [0.15, 0.2) is 9.84 Å². The number of nitrogens with zero attached hydrogens (tertiary/aromatic N) is 1. The molecule has 0 spiro atoms. The van der Waals surface area contributed by atoms with Crippen molar-refractivity contribution in [2.75, 3.05) is 24.7 Å². The van der Waals surface area contributed by atoms with Gasteiger partial charge in [0, 0.05) is 6.54 Å². The molecule has 1 aromatic rings. The van der Waals surface area contributed by atoms with Gasteiger partial charge in [-0.2, -0.15) is 0 Å². The molecule has 7 heteroatoms. The summed E-state index contributed by atoms with van der Waals surface area (Å²) < 4.78 is 42.3. The van der Waals surface area contributed by atoms with E-state index in [4.69, 9.17) is 4.74 Å². The molecule has 0 aromatic heterocycles. The number of hydrogen-bond acceptors (Lipinski definition) is 4. The standard InChI is InChI=1S/C16H20FNO4S/c1-2-13(11-3-5-12(17)6-4-11)16(19)18-7-8-22-15-10-23(20,21)9-14(15)18/h3-6,13-15H,2,7-10H2,1H3. The van der Waals surface area contributed by atoms with Gasteiger partial charge in [-0.05, 0) is 24.1 Å². The molecule has 3 atom stereocenters. The molecule has 1 amide bonds. The smallest absolute Gasteiger partial charge is 0.230 e. The van der Waals surface area contributed by atoms with Crippen molar-refractivity contribution in [2.45, 2.75) is 31.4 Å². The highest BCUT2D eigenvalue weighted by Crippen LogP contribution is 2.29. The van der Waals surface area contributed by atoms with Crippen molar-refractivity contribution < 1.29 is 22.3 Å². The number of sulfone groups is 1. The molecule has 2 heterocycles. The van der Waals surface area contributed by atoms with Crippen molar-refractivity contribution in [3.05, 3.63) is 35.6 Å². The highest BCUT2D eigenvalue weighted by Gasteiger charge is 2.46. The number of carbonyl (C=O) groups excluding carboxylic acids is 1. The van der Waals surface area contributed by atoms with Crippen LogP contribution in [0.4, 0.5) is 4.39 Å². The van der Waals surface area contributed by atoms with Crippen LogP contribution in [0.5, 0.6) is 0 Å². The van der Waals surface area contributed by atoms with Gasteiger partial charge in [0.1, 0.15) is 5.82 Å². The van der Waals surface area contributed by atoms with Crippen molar-refractivity contribution in [3.63, 3.8) is 0 Å². The third kappa shape index (κ3) is 3.26. The number of morpholine rings is 1. The maximum absolute atomic E-state index is 13.1. The first kappa shape index (κ1) is 16.4. The summed E-state index contributed by atoms with van der Waals surface area (Å²) in [5, 5.41) is 0. The number of halogens is 1. The van der Waals surface area contributed by atoms with E-state index in [1.807, 2.05) is 6.92 Å². The van der Waals surface area contributed by atoms with Gasteiger partial charge in [0.2, 0.25) is 5.91 Å². The lowest BCUT2D eigenvalue weighted by Crippen LogP contribution is -2.54. The number of benzene rings is 1. The maximum atomic E-state index is 13.1. The van der Waals surface area contributed by atoms with E-state index in [2.05, 4.69) is 0 Å². The van der Waals surface area contributed by atoms with Crippen molar-refractivity contribution >= 4 is 15.7 Å². The summed E-state index contributed by atoms with van der Waals surface area (Å²) in [6.07, 6.45) is 0.148. The second kappa shape index (κ2) is 6.20. The third-order valence-corrected chi connectivity index (χ3v) is 6.28. The molecule has 5 nitrogen and oxygen atoms in total. The van der Waals surface area contributed by atoms with E-state index in [0.717, 1.165) is 5.56 Å². The summed E-state index contributed by atoms with van der Waals surface area (Å²) in [5.41, 5.74) is 0.753. The molecule has 3 unspecified atom stereocenters. The Morgan fingerprint density at radius 2 is 2.04 bits per heavy atom. The lowest BCUT2D eigenvalue weighted by atomic mass is 9.93. The number of carbonyl (C=O) groups is 1. The Kier molecular flexibility index (Phi) is 4.42. The molecular weight excluding hydrogens is 321 g/mol. The van der Waals surface area contributed by atoms with Crippen molar-refractivity contribution in [2.24, 2.45) is 0 Å². The van der Waals surface area contributed by atoms with Crippen molar-refractivity contribution in [1.29, 1.82) is 0 Å². The largest absolute Gasteiger partial charge is 0.373 e. The fourth-order valence-electron chi connectivity index (χ4n) is 3.44. The van der Waals surface area contributed by atoms with Crippen LogP contribution in [0.25, 0.3) is 0 Å². The average molecular weight is 341 g/mol. The van der Waals surface area contributed by atoms with E-state index in [1.165, 1.54) is 12.1 Å². The molecule has 0 N–H and O–H groups in total. The minimum absolute atomic E-state index is 0.0191. The van der Waals surface area contributed by atoms with Gasteiger partial charge in [-0.25, -0.2) is 12.8 Å². The molecule has 23 heavy (non-hydrogen) atoms. The summed E-state index contributed by atoms with van der Waals surface area (Å²) in [4.78, 5) is 14.6. The fraction of sp³-hybridized carbons (Fsp3) is 0.562. The van der Waals surface area contributed by atoms with Crippen LogP contribution >= 0.6 is 0 Å². The summed E-state index contributed by atoms with van der Waals surface area (Å²) in [5.74, 6) is -0.894. The first-order valence-corrected chi connectivity index (χ1v) is 9.61. The molecule has 2 saturated heterocycles. The number of rotatable bonds is 3. The van der Waals surface area contributed by atoms with Gasteiger partial charge in [-0.1, -0.05) is 19.1 Å². The number of amides is 1. The Morgan fingerprint density at radius 1 is 1.35 bits per heavy atom. The van der Waals surface area contributed by atoms with Crippen LogP contribution in [0.1, 0.15) is 24.8 Å². The second-order valence-corrected chi connectivity index (χ2v) is 8.25. The van der Waals surface area contributed by atoms with Crippen LogP contribution in [0.15, 0.2) is 24.3 Å². The SMILES string of the molecule is CCC(C(=O)N1CCOC2CS(=O)(=O)CC21)c1ccc(F)cc1. The Labute approximate surface area is 135 Å². The first-order chi connectivity index (χ1) is 10.9. The maximum Gasteiger partial charge on any atom is 0.230 e. The molecule has 1 aromatic carbocycles. The van der Waals surface area contributed by atoms with Crippen LogP contribution in [-0.4, -0.2) is 56.0 Å². The lowest BCUT2D eigenvalue weighted by Gasteiger charge is -2.38. The van der Waals surface area contributed by atoms with Gasteiger partial charge in [-0.3, -0.25) is 4.79 Å². The minimum Gasteiger partial charge on any atom is -0.373 e. The Morgan fingerprint density at radius 3 is 2.70 bits per heavy atom. The van der Waals surface area contributed by atoms with E-state index in [0.29, 0.717) is 19.6 Å². The molecule has 3 rings (SSSR count). The molecule has 2 fully saturated rings. The Hall–Kier alpha value is -1.47. The van der Waals surface area contributed by atoms with E-state index < -0.39 is 27.9 Å². The summed E-state index contributed by atoms with van der Waals surface area (Å²) in [7, 11) is -3.17. The third-order valence-electron chi connectivity index (χ3n) is 4.60. The molecule has 0 aliphatic carbocycles. The molecule has 0 bridgehead atoms. The monoisotopic (exact) mass is 341 g/mol. The van der Waals surface area contributed by atoms with Gasteiger partial charge in [0.25, 0.3) is 0 Å². The highest BCUT2D eigenvalue weighted by molar-refractivity contribution is 7.91. The molecule has 2 aliphatic rings. The number of hydrogen-bond donors (Lipinski definition) is 0. The number of fused-ring (bicyclic) bond motifs is 1. The minimum atomic E-state index is -3.17. The van der Waals surface area contributed by atoms with Crippen LogP contribution in [0, 0.1) is 5.82 Å². The second-order valence-electron chi connectivity index (χ2n) is 6.10. The zero-order valence-electron chi connectivity index (χ0n) is 12.9. The van der Waals surface area contributed by atoms with Crippen molar-refractivity contribution in [1.82, 2.24) is 4.90 Å². The zero-order valence-corrected chi connectivity index (χ0v) is 13.8. The van der Waals surface area contributed by atoms with E-state index >= 15 is 0 Å². The fourth-order valence-corrected chi connectivity index (χ4v) is 5.31. The molecule has 0 saturated carbocycles. The number of ether oxygens (including phenoxy) is 1. The van der Waals surface area contributed by atoms with Gasteiger partial charge >= 0.3 is 0 Å². The van der Waals surface area contributed by atoms with Crippen LogP contribution in [-0.2, 0) is 19.4 Å². The molecule has 0 radical (unpaired) electrons. The molecule has 126 valence electrons.